The average Bonchev–Trinajstić information content (AvgIpc) is 3.33. The van der Waals surface area contributed by atoms with E-state index in [1.165, 1.54) is 0 Å². The zero-order valence-electron chi connectivity index (χ0n) is 11.8. The monoisotopic (exact) mass is 287 g/mol. The minimum atomic E-state index is -0.936. The van der Waals surface area contributed by atoms with Gasteiger partial charge in [0.15, 0.2) is 0 Å². The Bertz CT molecular complexity index is 730. The Balaban J connectivity index is 1.77. The standard InChI is InChI=1S/C15H17N3O3/c1-8-2-3-9(17-10(8)14(19)4-5-14)13-18-11(12(16)21-13)15(20)6-7-15/h2-3,19-20H,4-7,16H2,1H3. The number of hydrogen-bond donors (Lipinski definition) is 3. The van der Waals surface area contributed by atoms with Crippen LogP contribution in [0.15, 0.2) is 16.5 Å². The van der Waals surface area contributed by atoms with Crippen molar-refractivity contribution in [2.45, 2.75) is 43.8 Å². The molecule has 0 aromatic carbocycles. The lowest BCUT2D eigenvalue weighted by Crippen LogP contribution is -2.10. The minimum Gasteiger partial charge on any atom is -0.419 e. The van der Waals surface area contributed by atoms with Gasteiger partial charge in [-0.3, -0.25) is 0 Å². The number of aliphatic hydroxyl groups is 2. The van der Waals surface area contributed by atoms with E-state index in [2.05, 4.69) is 9.97 Å². The van der Waals surface area contributed by atoms with Crippen LogP contribution in [0.2, 0.25) is 0 Å². The van der Waals surface area contributed by atoms with Gasteiger partial charge in [0.1, 0.15) is 22.6 Å². The molecular formula is C15H17N3O3. The molecule has 0 saturated heterocycles. The van der Waals surface area contributed by atoms with Crippen LogP contribution >= 0.6 is 0 Å². The molecule has 0 amide bonds. The van der Waals surface area contributed by atoms with Crippen molar-refractivity contribution in [3.05, 3.63) is 29.1 Å². The molecule has 2 aromatic rings. The van der Waals surface area contributed by atoms with E-state index in [4.69, 9.17) is 10.2 Å². The molecule has 2 aromatic heterocycles. The highest BCUT2D eigenvalue weighted by Crippen LogP contribution is 2.48. The van der Waals surface area contributed by atoms with E-state index in [1.807, 2.05) is 13.0 Å². The van der Waals surface area contributed by atoms with E-state index in [0.717, 1.165) is 18.4 Å². The second-order valence-electron chi connectivity index (χ2n) is 6.16. The Kier molecular flexibility index (Phi) is 2.34. The molecule has 0 bridgehead atoms. The maximum Gasteiger partial charge on any atom is 0.247 e. The highest BCUT2D eigenvalue weighted by molar-refractivity contribution is 5.54. The highest BCUT2D eigenvalue weighted by atomic mass is 16.4. The summed E-state index contributed by atoms with van der Waals surface area (Å²) in [7, 11) is 0. The Morgan fingerprint density at radius 3 is 2.29 bits per heavy atom. The molecule has 21 heavy (non-hydrogen) atoms. The van der Waals surface area contributed by atoms with Crippen molar-refractivity contribution in [1.29, 1.82) is 0 Å². The summed E-state index contributed by atoms with van der Waals surface area (Å²) in [6.07, 6.45) is 2.75. The summed E-state index contributed by atoms with van der Waals surface area (Å²) < 4.78 is 5.46. The third-order valence-corrected chi connectivity index (χ3v) is 4.30. The van der Waals surface area contributed by atoms with E-state index in [1.54, 1.807) is 6.07 Å². The number of anilines is 1. The first-order valence-electron chi connectivity index (χ1n) is 7.11. The van der Waals surface area contributed by atoms with E-state index >= 15 is 0 Å². The third-order valence-electron chi connectivity index (χ3n) is 4.30. The molecule has 4 N–H and O–H groups in total. The summed E-state index contributed by atoms with van der Waals surface area (Å²) in [5.74, 6) is 0.424. The van der Waals surface area contributed by atoms with Crippen LogP contribution in [0.5, 0.6) is 0 Å². The molecule has 2 aliphatic carbocycles. The number of nitrogen functional groups attached to an aromatic ring is 1. The number of oxazole rings is 1. The number of rotatable bonds is 3. The van der Waals surface area contributed by atoms with Crippen LogP contribution < -0.4 is 5.73 Å². The quantitative estimate of drug-likeness (QED) is 0.791. The normalized spacial score (nSPS) is 21.3. The van der Waals surface area contributed by atoms with Crippen molar-refractivity contribution in [3.8, 4) is 11.6 Å². The fourth-order valence-electron chi connectivity index (χ4n) is 2.60. The second kappa shape index (κ2) is 3.84. The predicted molar refractivity (Wildman–Crippen MR) is 75.1 cm³/mol. The largest absolute Gasteiger partial charge is 0.419 e. The lowest BCUT2D eigenvalue weighted by atomic mass is 10.1. The van der Waals surface area contributed by atoms with Crippen LogP contribution in [-0.4, -0.2) is 20.2 Å². The van der Waals surface area contributed by atoms with E-state index in [0.29, 0.717) is 29.9 Å². The maximum atomic E-state index is 10.3. The van der Waals surface area contributed by atoms with Crippen LogP contribution in [0, 0.1) is 6.92 Å². The highest BCUT2D eigenvalue weighted by Gasteiger charge is 2.47. The number of nitrogens with zero attached hydrogens (tertiary/aromatic N) is 2. The van der Waals surface area contributed by atoms with Crippen LogP contribution in [0.1, 0.15) is 42.6 Å². The molecule has 0 radical (unpaired) electrons. The Labute approximate surface area is 121 Å². The molecule has 2 fully saturated rings. The molecule has 2 aliphatic rings. The van der Waals surface area contributed by atoms with Gasteiger partial charge in [-0.25, -0.2) is 9.97 Å². The Morgan fingerprint density at radius 1 is 1.05 bits per heavy atom. The number of aryl methyl sites for hydroxylation is 1. The molecule has 0 spiro atoms. The number of aromatic nitrogens is 2. The first-order chi connectivity index (χ1) is 9.91. The van der Waals surface area contributed by atoms with Gasteiger partial charge < -0.3 is 20.4 Å². The van der Waals surface area contributed by atoms with E-state index < -0.39 is 11.2 Å². The molecular weight excluding hydrogens is 270 g/mol. The van der Waals surface area contributed by atoms with E-state index in [-0.39, 0.29) is 11.8 Å². The summed E-state index contributed by atoms with van der Waals surface area (Å²) in [6, 6.07) is 3.68. The maximum absolute atomic E-state index is 10.3. The lowest BCUT2D eigenvalue weighted by Gasteiger charge is -2.11. The van der Waals surface area contributed by atoms with Crippen molar-refractivity contribution in [3.63, 3.8) is 0 Å². The third kappa shape index (κ3) is 1.94. The van der Waals surface area contributed by atoms with Gasteiger partial charge in [0, 0.05) is 0 Å². The topological polar surface area (TPSA) is 105 Å². The summed E-state index contributed by atoms with van der Waals surface area (Å²) in [4.78, 5) is 8.79. The van der Waals surface area contributed by atoms with Crippen LogP contribution in [-0.2, 0) is 11.2 Å². The van der Waals surface area contributed by atoms with Gasteiger partial charge in [-0.15, -0.1) is 0 Å². The summed E-state index contributed by atoms with van der Waals surface area (Å²) in [5, 5.41) is 20.4. The summed E-state index contributed by atoms with van der Waals surface area (Å²) >= 11 is 0. The van der Waals surface area contributed by atoms with Gasteiger partial charge in [-0.2, -0.15) is 0 Å². The minimum absolute atomic E-state index is 0.138. The lowest BCUT2D eigenvalue weighted by molar-refractivity contribution is 0.145. The SMILES string of the molecule is Cc1ccc(-c2nc(C3(O)CC3)c(N)o2)nc1C1(O)CC1. The molecule has 2 heterocycles. The average molecular weight is 287 g/mol. The molecule has 0 unspecified atom stereocenters. The molecule has 0 atom stereocenters. The molecule has 6 nitrogen and oxygen atoms in total. The molecule has 2 saturated carbocycles. The zero-order valence-corrected chi connectivity index (χ0v) is 11.8. The van der Waals surface area contributed by atoms with Crippen LogP contribution in [0.3, 0.4) is 0 Å². The van der Waals surface area contributed by atoms with Crippen molar-refractivity contribution >= 4 is 5.88 Å². The van der Waals surface area contributed by atoms with Gasteiger partial charge in [0.05, 0.1) is 5.69 Å². The van der Waals surface area contributed by atoms with Crippen LogP contribution in [0.25, 0.3) is 11.6 Å². The summed E-state index contributed by atoms with van der Waals surface area (Å²) in [6.45, 7) is 1.92. The number of nitrogens with two attached hydrogens (primary N) is 1. The van der Waals surface area contributed by atoms with Crippen molar-refractivity contribution in [2.75, 3.05) is 5.73 Å². The zero-order chi connectivity index (χ0) is 14.8. The van der Waals surface area contributed by atoms with Gasteiger partial charge in [-0.1, -0.05) is 6.07 Å². The van der Waals surface area contributed by atoms with Gasteiger partial charge in [0.25, 0.3) is 0 Å². The first kappa shape index (κ1) is 12.8. The Morgan fingerprint density at radius 2 is 1.67 bits per heavy atom. The number of hydrogen-bond acceptors (Lipinski definition) is 6. The smallest absolute Gasteiger partial charge is 0.247 e. The van der Waals surface area contributed by atoms with Gasteiger partial charge in [0.2, 0.25) is 11.8 Å². The van der Waals surface area contributed by atoms with Crippen molar-refractivity contribution in [2.24, 2.45) is 0 Å². The fourth-order valence-corrected chi connectivity index (χ4v) is 2.60. The van der Waals surface area contributed by atoms with Crippen molar-refractivity contribution in [1.82, 2.24) is 9.97 Å². The van der Waals surface area contributed by atoms with Crippen molar-refractivity contribution < 1.29 is 14.6 Å². The molecule has 4 rings (SSSR count). The first-order valence-corrected chi connectivity index (χ1v) is 7.11. The van der Waals surface area contributed by atoms with E-state index in [9.17, 15) is 10.2 Å². The van der Waals surface area contributed by atoms with Gasteiger partial charge >= 0.3 is 0 Å². The molecule has 0 aliphatic heterocycles. The second-order valence-corrected chi connectivity index (χ2v) is 6.16. The predicted octanol–water partition coefficient (Wildman–Crippen LogP) is 1.59. The fraction of sp³-hybridized carbons (Fsp3) is 0.467. The number of pyridine rings is 1. The Hall–Kier alpha value is -1.92. The molecule has 110 valence electrons. The van der Waals surface area contributed by atoms with Gasteiger partial charge in [-0.05, 0) is 44.2 Å². The summed E-state index contributed by atoms with van der Waals surface area (Å²) in [5.41, 5.74) is 6.59. The molecule has 6 heteroatoms. The van der Waals surface area contributed by atoms with Crippen LogP contribution in [0.4, 0.5) is 5.88 Å².